The molecular weight excluding hydrogens is 745 g/mol. The van der Waals surface area contributed by atoms with Crippen LogP contribution in [0.4, 0.5) is 17.1 Å². The van der Waals surface area contributed by atoms with Crippen molar-refractivity contribution < 1.29 is 13.9 Å². The Kier molecular flexibility index (Phi) is 8.04. The average Bonchev–Trinajstić information content (AvgIpc) is 3.69. The number of rotatable bonds is 6. The fourth-order valence-electron chi connectivity index (χ4n) is 9.56. The second kappa shape index (κ2) is 13.9. The van der Waals surface area contributed by atoms with Gasteiger partial charge in [-0.1, -0.05) is 152 Å². The van der Waals surface area contributed by atoms with E-state index in [9.17, 15) is 0 Å². The zero-order valence-corrected chi connectivity index (χ0v) is 33.7. The van der Waals surface area contributed by atoms with Crippen molar-refractivity contribution in [1.82, 2.24) is 0 Å². The molecule has 0 saturated heterocycles. The first-order valence-corrected chi connectivity index (χ1v) is 20.8. The third kappa shape index (κ3) is 5.84. The lowest BCUT2D eigenvalue weighted by Gasteiger charge is -2.35. The zero-order valence-electron chi connectivity index (χ0n) is 33.7. The molecule has 0 unspecified atom stereocenters. The summed E-state index contributed by atoms with van der Waals surface area (Å²) >= 11 is 0. The second-order valence-electron chi connectivity index (χ2n) is 16.2. The molecule has 0 bridgehead atoms. The molecule has 2 aliphatic heterocycles. The van der Waals surface area contributed by atoms with Gasteiger partial charge in [0.05, 0.1) is 11.4 Å². The Morgan fingerprint density at radius 1 is 0.393 bits per heavy atom. The van der Waals surface area contributed by atoms with Gasteiger partial charge in [0.25, 0.3) is 6.71 Å². The molecular formula is C56H38BNO3. The number of ether oxygens (including phenoxy) is 2. The molecule has 288 valence electrons. The van der Waals surface area contributed by atoms with Gasteiger partial charge >= 0.3 is 0 Å². The maximum Gasteiger partial charge on any atom is 0.260 e. The lowest BCUT2D eigenvalue weighted by molar-refractivity contribution is 0.465. The predicted molar refractivity (Wildman–Crippen MR) is 252 cm³/mol. The van der Waals surface area contributed by atoms with Gasteiger partial charge in [0, 0.05) is 39.6 Å². The van der Waals surface area contributed by atoms with Gasteiger partial charge in [-0.2, -0.15) is 0 Å². The molecule has 0 N–H and O–H groups in total. The quantitative estimate of drug-likeness (QED) is 0.157. The van der Waals surface area contributed by atoms with Crippen LogP contribution in [0.5, 0.6) is 23.0 Å². The van der Waals surface area contributed by atoms with Crippen LogP contribution in [0.25, 0.3) is 55.3 Å². The fraction of sp³-hybridized carbons (Fsp3) is 0.0357. The zero-order chi connectivity index (χ0) is 40.6. The van der Waals surface area contributed by atoms with Crippen molar-refractivity contribution in [3.8, 4) is 56.4 Å². The number of anilines is 3. The van der Waals surface area contributed by atoms with Crippen LogP contribution >= 0.6 is 0 Å². The van der Waals surface area contributed by atoms with Gasteiger partial charge in [0.2, 0.25) is 0 Å². The monoisotopic (exact) mass is 783 g/mol. The summed E-state index contributed by atoms with van der Waals surface area (Å²) < 4.78 is 21.2. The topological polar surface area (TPSA) is 34.8 Å². The number of hydrogen-bond donors (Lipinski definition) is 0. The number of hydrogen-bond acceptors (Lipinski definition) is 4. The summed E-state index contributed by atoms with van der Waals surface area (Å²) in [5, 5.41) is 2.13. The molecule has 0 fully saturated rings. The molecule has 0 aliphatic carbocycles. The Morgan fingerprint density at radius 2 is 0.902 bits per heavy atom. The molecule has 61 heavy (non-hydrogen) atoms. The van der Waals surface area contributed by atoms with E-state index in [1.165, 1.54) is 11.1 Å². The van der Waals surface area contributed by atoms with E-state index in [4.69, 9.17) is 13.9 Å². The van der Waals surface area contributed by atoms with Crippen molar-refractivity contribution in [1.29, 1.82) is 0 Å². The summed E-state index contributed by atoms with van der Waals surface area (Å²) in [6.07, 6.45) is 0. The van der Waals surface area contributed by atoms with E-state index >= 15 is 0 Å². The van der Waals surface area contributed by atoms with Gasteiger partial charge in [0.15, 0.2) is 5.58 Å². The lowest BCUT2D eigenvalue weighted by atomic mass is 9.34. The summed E-state index contributed by atoms with van der Waals surface area (Å²) in [5.41, 5.74) is 16.8. The fourth-order valence-corrected chi connectivity index (χ4v) is 9.56. The molecule has 5 heteroatoms. The first-order valence-electron chi connectivity index (χ1n) is 20.8. The van der Waals surface area contributed by atoms with Crippen molar-refractivity contribution in [2.75, 3.05) is 4.90 Å². The number of para-hydroxylation sites is 2. The maximum atomic E-state index is 7.07. The molecule has 1 aromatic heterocycles. The minimum atomic E-state index is -0.0916. The highest BCUT2D eigenvalue weighted by atomic mass is 16.5. The molecule has 0 saturated carbocycles. The molecule has 0 spiro atoms. The smallest absolute Gasteiger partial charge is 0.260 e. The standard InChI is InChI=1S/C56H38BNO3/c1-35-28-36(2)30-42(29-35)58(49-23-13-22-46-45-21-12-20-44(55(45)61-56(46)49)39-18-10-5-11-19-39)43-33-52-54-53(34-43)60-51-32-41(38-16-8-4-9-17-38)25-27-48(51)57(54)47-26-24-40(31-50(47)59-52)37-14-6-3-7-15-37/h3-34H,1-2H3. The molecule has 0 radical (unpaired) electrons. The molecule has 12 rings (SSSR count). The largest absolute Gasteiger partial charge is 0.458 e. The molecule has 4 nitrogen and oxygen atoms in total. The van der Waals surface area contributed by atoms with Crippen LogP contribution in [0.1, 0.15) is 11.1 Å². The summed E-state index contributed by atoms with van der Waals surface area (Å²) in [5.74, 6) is 3.22. The summed E-state index contributed by atoms with van der Waals surface area (Å²) in [4.78, 5) is 2.30. The van der Waals surface area contributed by atoms with E-state index in [2.05, 4.69) is 207 Å². The van der Waals surface area contributed by atoms with E-state index in [1.54, 1.807) is 0 Å². The SMILES string of the molecule is Cc1cc(C)cc(N(c2cc3c4c(c2)Oc2cc(-c5ccccc5)ccc2B4c2ccc(-c4ccccc4)cc2O3)c2cccc3c2oc2c(-c4ccccc4)cccc23)c1. The number of furan rings is 1. The highest BCUT2D eigenvalue weighted by molar-refractivity contribution is 6.98. The Labute approximate surface area is 355 Å². The third-order valence-electron chi connectivity index (χ3n) is 12.2. The van der Waals surface area contributed by atoms with E-state index in [1.807, 2.05) is 6.07 Å². The van der Waals surface area contributed by atoms with Gasteiger partial charge < -0.3 is 18.8 Å². The lowest BCUT2D eigenvalue weighted by Crippen LogP contribution is -2.57. The highest BCUT2D eigenvalue weighted by Gasteiger charge is 2.41. The van der Waals surface area contributed by atoms with Gasteiger partial charge in [-0.25, -0.2) is 0 Å². The van der Waals surface area contributed by atoms with Crippen LogP contribution in [0.2, 0.25) is 0 Å². The first kappa shape index (κ1) is 35.2. The van der Waals surface area contributed by atoms with Crippen LogP contribution in [-0.4, -0.2) is 6.71 Å². The summed E-state index contributed by atoms with van der Waals surface area (Å²) in [7, 11) is 0. The Balaban J connectivity index is 1.09. The van der Waals surface area contributed by atoms with E-state index < -0.39 is 0 Å². The van der Waals surface area contributed by atoms with Gasteiger partial charge in [0.1, 0.15) is 28.6 Å². The average molecular weight is 784 g/mol. The number of benzene rings is 9. The van der Waals surface area contributed by atoms with Crippen molar-refractivity contribution in [2.24, 2.45) is 0 Å². The molecule has 0 atom stereocenters. The first-order chi connectivity index (χ1) is 30.0. The number of aryl methyl sites for hydroxylation is 2. The van der Waals surface area contributed by atoms with Crippen LogP contribution in [0, 0.1) is 13.8 Å². The normalized spacial score (nSPS) is 12.3. The van der Waals surface area contributed by atoms with Gasteiger partial charge in [-0.3, -0.25) is 0 Å². The van der Waals surface area contributed by atoms with Crippen LogP contribution in [-0.2, 0) is 0 Å². The summed E-state index contributed by atoms with van der Waals surface area (Å²) in [6.45, 7) is 4.21. The van der Waals surface area contributed by atoms with E-state index in [-0.39, 0.29) is 6.71 Å². The van der Waals surface area contributed by atoms with Crippen LogP contribution in [0.3, 0.4) is 0 Å². The molecule has 2 aliphatic rings. The van der Waals surface area contributed by atoms with Crippen molar-refractivity contribution >= 4 is 62.1 Å². The van der Waals surface area contributed by atoms with Crippen molar-refractivity contribution in [2.45, 2.75) is 13.8 Å². The molecule has 3 heterocycles. The highest BCUT2D eigenvalue weighted by Crippen LogP contribution is 2.47. The van der Waals surface area contributed by atoms with Crippen molar-refractivity contribution in [3.05, 3.63) is 205 Å². The number of nitrogens with zero attached hydrogens (tertiary/aromatic N) is 1. The molecule has 10 aromatic rings. The van der Waals surface area contributed by atoms with E-state index in [0.29, 0.717) is 0 Å². The minimum Gasteiger partial charge on any atom is -0.458 e. The Morgan fingerprint density at radius 3 is 1.48 bits per heavy atom. The molecule has 9 aromatic carbocycles. The Hall–Kier alpha value is -7.76. The van der Waals surface area contributed by atoms with Crippen LogP contribution < -0.4 is 30.8 Å². The predicted octanol–water partition coefficient (Wildman–Crippen LogP) is 13.4. The maximum absolute atomic E-state index is 7.07. The van der Waals surface area contributed by atoms with Crippen LogP contribution in [0.15, 0.2) is 199 Å². The third-order valence-corrected chi connectivity index (χ3v) is 12.2. The van der Waals surface area contributed by atoms with E-state index in [0.717, 1.165) is 112 Å². The Bertz CT molecular complexity index is 3210. The van der Waals surface area contributed by atoms with Crippen molar-refractivity contribution in [3.63, 3.8) is 0 Å². The minimum absolute atomic E-state index is 0.0916. The molecule has 0 amide bonds. The summed E-state index contributed by atoms with van der Waals surface area (Å²) in [6, 6.07) is 68.7. The number of fused-ring (bicyclic) bond motifs is 7. The van der Waals surface area contributed by atoms with Gasteiger partial charge in [-0.15, -0.1) is 0 Å². The second-order valence-corrected chi connectivity index (χ2v) is 16.2. The van der Waals surface area contributed by atoms with Gasteiger partial charge in [-0.05, 0) is 94.0 Å².